The first-order valence-electron chi connectivity index (χ1n) is 4.15. The number of imidazole rings is 1. The maximum absolute atomic E-state index is 12.4. The van der Waals surface area contributed by atoms with Gasteiger partial charge in [-0.25, -0.2) is 0 Å². The van der Waals surface area contributed by atoms with E-state index in [4.69, 9.17) is 12.2 Å². The Morgan fingerprint density at radius 1 is 1.33 bits per heavy atom. The molecule has 1 heterocycles. The van der Waals surface area contributed by atoms with Crippen molar-refractivity contribution in [2.45, 2.75) is 6.18 Å². The van der Waals surface area contributed by atoms with Crippen LogP contribution in [0.5, 0.6) is 0 Å². The molecule has 1 N–H and O–H groups in total. The van der Waals surface area contributed by atoms with Crippen LogP contribution in [0.4, 0.5) is 13.2 Å². The SMILES string of the molecule is Cn1c(=S)[nH]c2ccc(C(F)(F)F)cc21. The van der Waals surface area contributed by atoms with Gasteiger partial charge in [0.05, 0.1) is 16.6 Å². The highest BCUT2D eigenvalue weighted by molar-refractivity contribution is 7.71. The molecule has 0 unspecified atom stereocenters. The molecule has 0 aliphatic rings. The first kappa shape index (κ1) is 10.2. The van der Waals surface area contributed by atoms with Crippen molar-refractivity contribution in [2.24, 2.45) is 7.05 Å². The molecule has 6 heteroatoms. The number of halogens is 3. The number of aryl methyl sites for hydroxylation is 1. The van der Waals surface area contributed by atoms with Crippen LogP contribution in [0.1, 0.15) is 5.56 Å². The molecule has 15 heavy (non-hydrogen) atoms. The van der Waals surface area contributed by atoms with Crippen molar-refractivity contribution in [3.8, 4) is 0 Å². The van der Waals surface area contributed by atoms with Crippen molar-refractivity contribution in [3.05, 3.63) is 28.5 Å². The number of alkyl halides is 3. The van der Waals surface area contributed by atoms with Crippen molar-refractivity contribution in [3.63, 3.8) is 0 Å². The molecule has 2 nitrogen and oxygen atoms in total. The second-order valence-electron chi connectivity index (χ2n) is 3.22. The maximum Gasteiger partial charge on any atom is 0.416 e. The summed E-state index contributed by atoms with van der Waals surface area (Å²) in [7, 11) is 1.63. The lowest BCUT2D eigenvalue weighted by Crippen LogP contribution is -2.04. The summed E-state index contributed by atoms with van der Waals surface area (Å²) in [6.45, 7) is 0. The van der Waals surface area contributed by atoms with Gasteiger partial charge in [-0.2, -0.15) is 13.2 Å². The Morgan fingerprint density at radius 3 is 2.60 bits per heavy atom. The van der Waals surface area contributed by atoms with E-state index < -0.39 is 11.7 Å². The van der Waals surface area contributed by atoms with Crippen LogP contribution in [0.25, 0.3) is 11.0 Å². The predicted octanol–water partition coefficient (Wildman–Crippen LogP) is 3.25. The van der Waals surface area contributed by atoms with E-state index in [2.05, 4.69) is 4.98 Å². The molecule has 2 rings (SSSR count). The van der Waals surface area contributed by atoms with Crippen LogP contribution >= 0.6 is 12.2 Å². The smallest absolute Gasteiger partial charge is 0.331 e. The van der Waals surface area contributed by atoms with E-state index in [1.807, 2.05) is 0 Å². The number of nitrogens with one attached hydrogen (secondary N) is 1. The quantitative estimate of drug-likeness (QED) is 0.691. The Morgan fingerprint density at radius 2 is 2.00 bits per heavy atom. The molecular formula is C9H7F3N2S. The van der Waals surface area contributed by atoms with Gasteiger partial charge in [-0.05, 0) is 30.4 Å². The minimum absolute atomic E-state index is 0.407. The van der Waals surface area contributed by atoms with Crippen LogP contribution in [-0.2, 0) is 13.2 Å². The van der Waals surface area contributed by atoms with Crippen LogP contribution in [-0.4, -0.2) is 9.55 Å². The average Bonchev–Trinajstić information content (AvgIpc) is 2.41. The van der Waals surface area contributed by atoms with E-state index >= 15 is 0 Å². The van der Waals surface area contributed by atoms with Crippen molar-refractivity contribution in [1.82, 2.24) is 9.55 Å². The largest absolute Gasteiger partial charge is 0.416 e. The lowest BCUT2D eigenvalue weighted by Gasteiger charge is -2.06. The normalized spacial score (nSPS) is 12.3. The predicted molar refractivity (Wildman–Crippen MR) is 53.1 cm³/mol. The fourth-order valence-corrected chi connectivity index (χ4v) is 1.61. The third kappa shape index (κ3) is 1.65. The molecule has 0 aliphatic carbocycles. The summed E-state index contributed by atoms with van der Waals surface area (Å²) in [5.41, 5.74) is 0.393. The van der Waals surface area contributed by atoms with Crippen molar-refractivity contribution < 1.29 is 13.2 Å². The number of H-pyrrole nitrogens is 1. The van der Waals surface area contributed by atoms with Gasteiger partial charge in [0.15, 0.2) is 4.77 Å². The standard InChI is InChI=1S/C9H7F3N2S/c1-14-7-4-5(9(10,11)12)2-3-6(7)13-8(14)15/h2-4H,1H3,(H,13,15). The Bertz CT molecular complexity index is 565. The Balaban J connectivity index is 2.75. The van der Waals surface area contributed by atoms with Crippen molar-refractivity contribution >= 4 is 23.3 Å². The second-order valence-corrected chi connectivity index (χ2v) is 3.61. The number of nitrogens with zero attached hydrogens (tertiary/aromatic N) is 1. The zero-order valence-corrected chi connectivity index (χ0v) is 8.54. The molecule has 0 saturated carbocycles. The van der Waals surface area contributed by atoms with Crippen molar-refractivity contribution in [1.29, 1.82) is 0 Å². The molecule has 0 atom stereocenters. The van der Waals surface area contributed by atoms with E-state index in [0.717, 1.165) is 12.1 Å². The number of aromatic amines is 1. The lowest BCUT2D eigenvalue weighted by molar-refractivity contribution is -0.137. The van der Waals surface area contributed by atoms with Gasteiger partial charge < -0.3 is 9.55 Å². The summed E-state index contributed by atoms with van der Waals surface area (Å²) in [6, 6.07) is 3.50. The Kier molecular flexibility index (Phi) is 2.11. The van der Waals surface area contributed by atoms with Crippen LogP contribution < -0.4 is 0 Å². The Labute approximate surface area is 88.3 Å². The van der Waals surface area contributed by atoms with E-state index in [-0.39, 0.29) is 0 Å². The molecule has 80 valence electrons. The summed E-state index contributed by atoms with van der Waals surface area (Å²) in [5.74, 6) is 0. The maximum atomic E-state index is 12.4. The van der Waals surface area contributed by atoms with E-state index in [1.54, 1.807) is 7.05 Å². The highest BCUT2D eigenvalue weighted by Crippen LogP contribution is 2.31. The fraction of sp³-hybridized carbons (Fsp3) is 0.222. The monoisotopic (exact) mass is 232 g/mol. The summed E-state index contributed by atoms with van der Waals surface area (Å²) in [6.07, 6.45) is -4.32. The van der Waals surface area contributed by atoms with Crippen LogP contribution in [0, 0.1) is 4.77 Å². The molecule has 0 spiro atoms. The fourth-order valence-electron chi connectivity index (χ4n) is 1.40. The van der Waals surface area contributed by atoms with Gasteiger partial charge in [-0.15, -0.1) is 0 Å². The minimum atomic E-state index is -4.32. The van der Waals surface area contributed by atoms with Gasteiger partial charge in [0, 0.05) is 7.05 Å². The second kappa shape index (κ2) is 3.10. The first-order valence-corrected chi connectivity index (χ1v) is 4.56. The molecule has 2 aromatic rings. The first-order chi connectivity index (χ1) is 6.89. The third-order valence-corrected chi connectivity index (χ3v) is 2.61. The number of hydrogen-bond acceptors (Lipinski definition) is 1. The topological polar surface area (TPSA) is 20.7 Å². The number of benzene rings is 1. The molecule has 0 saturated heterocycles. The summed E-state index contributed by atoms with van der Waals surface area (Å²) in [5, 5.41) is 0. The van der Waals surface area contributed by atoms with Gasteiger partial charge >= 0.3 is 6.18 Å². The van der Waals surface area contributed by atoms with Crippen LogP contribution in [0.2, 0.25) is 0 Å². The molecular weight excluding hydrogens is 225 g/mol. The Hall–Kier alpha value is -1.30. The number of hydrogen-bond donors (Lipinski definition) is 1. The number of fused-ring (bicyclic) bond motifs is 1. The minimum Gasteiger partial charge on any atom is -0.331 e. The van der Waals surface area contributed by atoms with E-state index in [9.17, 15) is 13.2 Å². The molecule has 0 amide bonds. The highest BCUT2D eigenvalue weighted by atomic mass is 32.1. The van der Waals surface area contributed by atoms with Gasteiger partial charge in [0.2, 0.25) is 0 Å². The number of rotatable bonds is 0. The molecule has 0 fully saturated rings. The van der Waals surface area contributed by atoms with Gasteiger partial charge in [0.25, 0.3) is 0 Å². The van der Waals surface area contributed by atoms with Crippen LogP contribution in [0.15, 0.2) is 18.2 Å². The zero-order chi connectivity index (χ0) is 11.2. The molecule has 0 radical (unpaired) electrons. The summed E-state index contributed by atoms with van der Waals surface area (Å²) in [4.78, 5) is 2.82. The van der Waals surface area contributed by atoms with E-state index in [0.29, 0.717) is 15.8 Å². The molecule has 0 bridgehead atoms. The van der Waals surface area contributed by atoms with Gasteiger partial charge in [-0.1, -0.05) is 0 Å². The van der Waals surface area contributed by atoms with Crippen LogP contribution in [0.3, 0.4) is 0 Å². The number of aromatic nitrogens is 2. The molecule has 1 aromatic heterocycles. The van der Waals surface area contributed by atoms with Gasteiger partial charge in [0.1, 0.15) is 0 Å². The molecule has 0 aliphatic heterocycles. The highest BCUT2D eigenvalue weighted by Gasteiger charge is 2.30. The van der Waals surface area contributed by atoms with Gasteiger partial charge in [-0.3, -0.25) is 0 Å². The zero-order valence-electron chi connectivity index (χ0n) is 7.72. The summed E-state index contributed by atoms with van der Waals surface area (Å²) >= 11 is 4.92. The summed E-state index contributed by atoms with van der Waals surface area (Å²) < 4.78 is 39.1. The average molecular weight is 232 g/mol. The molecule has 1 aromatic carbocycles. The van der Waals surface area contributed by atoms with Crippen molar-refractivity contribution in [2.75, 3.05) is 0 Å². The third-order valence-electron chi connectivity index (χ3n) is 2.23. The van der Waals surface area contributed by atoms with E-state index in [1.165, 1.54) is 10.6 Å². The lowest BCUT2D eigenvalue weighted by atomic mass is 10.2.